The molecule has 4 aromatic rings. The van der Waals surface area contributed by atoms with Crippen LogP contribution in [0.2, 0.25) is 0 Å². The molecule has 0 saturated carbocycles. The molecule has 0 aliphatic heterocycles. The Bertz CT molecular complexity index is 1460. The van der Waals surface area contributed by atoms with Crippen molar-refractivity contribution in [2.75, 3.05) is 20.8 Å². The van der Waals surface area contributed by atoms with E-state index >= 15 is 0 Å². The van der Waals surface area contributed by atoms with Crippen LogP contribution >= 0.6 is 11.8 Å². The van der Waals surface area contributed by atoms with E-state index in [1.54, 1.807) is 44.6 Å². The summed E-state index contributed by atoms with van der Waals surface area (Å²) in [6.45, 7) is 5.18. The summed E-state index contributed by atoms with van der Waals surface area (Å²) in [5, 5.41) is 19.1. The van der Waals surface area contributed by atoms with Gasteiger partial charge in [-0.05, 0) is 67.1 Å². The van der Waals surface area contributed by atoms with E-state index in [1.165, 1.54) is 0 Å². The standard InChI is InChI=1S/C30H31N3O6S/c1-5-33-28(22-16-23(36-3)18-24(17-22)37-4)31-32-30(33)40-27(29(34)35)15-21-12-13-25(26(14-21)38-6-2)39-19-20-10-8-7-9-11-20/h7-18H,5-6,19H2,1-4H3,(H,34,35)/b27-15-. The molecule has 0 atom stereocenters. The first kappa shape index (κ1) is 28.6. The third-order valence-corrected chi connectivity index (χ3v) is 6.85. The van der Waals surface area contributed by atoms with Crippen LogP contribution in [-0.2, 0) is 17.9 Å². The van der Waals surface area contributed by atoms with Crippen molar-refractivity contribution in [3.8, 4) is 34.4 Å². The third-order valence-electron chi connectivity index (χ3n) is 5.86. The zero-order chi connectivity index (χ0) is 28.5. The number of ether oxygens (including phenoxy) is 4. The maximum atomic E-state index is 12.3. The van der Waals surface area contributed by atoms with Crippen molar-refractivity contribution in [2.45, 2.75) is 32.2 Å². The quantitative estimate of drug-likeness (QED) is 0.151. The van der Waals surface area contributed by atoms with Gasteiger partial charge in [-0.1, -0.05) is 36.4 Å². The lowest BCUT2D eigenvalue weighted by Gasteiger charge is -2.13. The van der Waals surface area contributed by atoms with Gasteiger partial charge in [0.2, 0.25) is 0 Å². The second-order valence-corrected chi connectivity index (χ2v) is 9.49. The van der Waals surface area contributed by atoms with Gasteiger partial charge in [0.05, 0.1) is 20.8 Å². The summed E-state index contributed by atoms with van der Waals surface area (Å²) >= 11 is 1.03. The molecule has 0 fully saturated rings. The summed E-state index contributed by atoms with van der Waals surface area (Å²) in [4.78, 5) is 12.3. The van der Waals surface area contributed by atoms with Crippen molar-refractivity contribution in [2.24, 2.45) is 0 Å². The first-order valence-corrected chi connectivity index (χ1v) is 13.5. The number of rotatable bonds is 13. The molecule has 0 saturated heterocycles. The smallest absolute Gasteiger partial charge is 0.342 e. The van der Waals surface area contributed by atoms with Crippen molar-refractivity contribution in [1.29, 1.82) is 0 Å². The van der Waals surface area contributed by atoms with Crippen molar-refractivity contribution in [1.82, 2.24) is 14.8 Å². The fraction of sp³-hybridized carbons (Fsp3) is 0.233. The Morgan fingerprint density at radius 3 is 2.27 bits per heavy atom. The van der Waals surface area contributed by atoms with E-state index in [2.05, 4.69) is 10.2 Å². The average Bonchev–Trinajstić information content (AvgIpc) is 3.39. The molecule has 0 aliphatic rings. The molecule has 1 N–H and O–H groups in total. The summed E-state index contributed by atoms with van der Waals surface area (Å²) < 4.78 is 24.4. The van der Waals surface area contributed by atoms with Crippen LogP contribution in [0.4, 0.5) is 0 Å². The van der Waals surface area contributed by atoms with Gasteiger partial charge in [-0.15, -0.1) is 10.2 Å². The molecule has 1 aromatic heterocycles. The highest BCUT2D eigenvalue weighted by Gasteiger charge is 2.20. The van der Waals surface area contributed by atoms with E-state index < -0.39 is 5.97 Å². The summed E-state index contributed by atoms with van der Waals surface area (Å²) in [5.74, 6) is 1.83. The molecule has 4 rings (SSSR count). The first-order chi connectivity index (χ1) is 19.4. The molecule has 0 radical (unpaired) electrons. The zero-order valence-electron chi connectivity index (χ0n) is 22.8. The lowest BCUT2D eigenvalue weighted by Crippen LogP contribution is -2.03. The molecule has 208 valence electrons. The highest BCUT2D eigenvalue weighted by molar-refractivity contribution is 8.04. The summed E-state index contributed by atoms with van der Waals surface area (Å²) in [7, 11) is 3.15. The van der Waals surface area contributed by atoms with Gasteiger partial charge in [0.15, 0.2) is 22.5 Å². The largest absolute Gasteiger partial charge is 0.497 e. The number of carbonyl (C=O) groups is 1. The molecule has 0 bridgehead atoms. The van der Waals surface area contributed by atoms with Crippen molar-refractivity contribution in [3.63, 3.8) is 0 Å². The van der Waals surface area contributed by atoms with Crippen LogP contribution in [-0.4, -0.2) is 46.7 Å². The second kappa shape index (κ2) is 13.6. The topological polar surface area (TPSA) is 105 Å². The molecule has 1 heterocycles. The van der Waals surface area contributed by atoms with E-state index in [0.717, 1.165) is 22.9 Å². The van der Waals surface area contributed by atoms with Crippen LogP contribution in [0.5, 0.6) is 23.0 Å². The van der Waals surface area contributed by atoms with Gasteiger partial charge < -0.3 is 28.6 Å². The molecule has 40 heavy (non-hydrogen) atoms. The fourth-order valence-corrected chi connectivity index (χ4v) is 4.81. The monoisotopic (exact) mass is 561 g/mol. The Labute approximate surface area is 237 Å². The van der Waals surface area contributed by atoms with Gasteiger partial charge >= 0.3 is 5.97 Å². The van der Waals surface area contributed by atoms with E-state index in [9.17, 15) is 9.90 Å². The highest BCUT2D eigenvalue weighted by atomic mass is 32.2. The molecular formula is C30H31N3O6S. The minimum atomic E-state index is -1.08. The molecule has 0 aliphatic carbocycles. The normalized spacial score (nSPS) is 11.2. The van der Waals surface area contributed by atoms with E-state index in [-0.39, 0.29) is 4.91 Å². The van der Waals surface area contributed by atoms with Crippen LogP contribution < -0.4 is 18.9 Å². The van der Waals surface area contributed by atoms with Gasteiger partial charge in [0.1, 0.15) is 23.0 Å². The minimum absolute atomic E-state index is 0.0808. The van der Waals surface area contributed by atoms with Crippen molar-refractivity contribution < 1.29 is 28.8 Å². The predicted molar refractivity (Wildman–Crippen MR) is 154 cm³/mol. The number of aromatic nitrogens is 3. The van der Waals surface area contributed by atoms with Crippen molar-refractivity contribution in [3.05, 3.63) is 82.8 Å². The highest BCUT2D eigenvalue weighted by Crippen LogP contribution is 2.35. The van der Waals surface area contributed by atoms with Gasteiger partial charge in [0, 0.05) is 18.2 Å². The van der Waals surface area contributed by atoms with Crippen molar-refractivity contribution >= 4 is 23.8 Å². The molecule has 10 heteroatoms. The number of hydrogen-bond acceptors (Lipinski definition) is 8. The number of aliphatic carboxylic acids is 1. The van der Waals surface area contributed by atoms with Gasteiger partial charge in [-0.25, -0.2) is 4.79 Å². The summed E-state index contributed by atoms with van der Waals surface area (Å²) in [6.07, 6.45) is 1.58. The maximum Gasteiger partial charge on any atom is 0.342 e. The molecule has 0 amide bonds. The SMILES string of the molecule is CCOc1cc(/C=C(\Sc2nnc(-c3cc(OC)cc(OC)c3)n2CC)C(=O)O)ccc1OCc1ccccc1. The van der Waals surface area contributed by atoms with E-state index in [0.29, 0.717) is 59.3 Å². The number of carboxylic acids is 1. The number of carboxylic acid groups (broad SMARTS) is 1. The number of hydrogen-bond donors (Lipinski definition) is 1. The van der Waals surface area contributed by atoms with Gasteiger partial charge in [0.25, 0.3) is 0 Å². The molecule has 0 unspecified atom stereocenters. The van der Waals surface area contributed by atoms with E-state index in [1.807, 2.05) is 60.9 Å². The third kappa shape index (κ3) is 6.95. The Hall–Kier alpha value is -4.44. The fourth-order valence-electron chi connectivity index (χ4n) is 3.92. The van der Waals surface area contributed by atoms with Crippen LogP contribution in [0, 0.1) is 0 Å². The number of thioether (sulfide) groups is 1. The molecular weight excluding hydrogens is 530 g/mol. The number of nitrogens with zero attached hydrogens (tertiary/aromatic N) is 3. The van der Waals surface area contributed by atoms with Crippen LogP contribution in [0.25, 0.3) is 17.5 Å². The lowest BCUT2D eigenvalue weighted by molar-refractivity contribution is -0.131. The predicted octanol–water partition coefficient (Wildman–Crippen LogP) is 6.18. The lowest BCUT2D eigenvalue weighted by atomic mass is 10.2. The maximum absolute atomic E-state index is 12.3. The van der Waals surface area contributed by atoms with Crippen LogP contribution in [0.1, 0.15) is 25.0 Å². The summed E-state index contributed by atoms with van der Waals surface area (Å²) in [6, 6.07) is 20.6. The Morgan fingerprint density at radius 2 is 1.65 bits per heavy atom. The Kier molecular flexibility index (Phi) is 9.69. The van der Waals surface area contributed by atoms with Crippen LogP contribution in [0.15, 0.2) is 76.8 Å². The number of benzene rings is 3. The van der Waals surface area contributed by atoms with Crippen LogP contribution in [0.3, 0.4) is 0 Å². The zero-order valence-corrected chi connectivity index (χ0v) is 23.6. The van der Waals surface area contributed by atoms with Gasteiger partial charge in [-0.2, -0.15) is 0 Å². The first-order valence-electron chi connectivity index (χ1n) is 12.7. The molecule has 9 nitrogen and oxygen atoms in total. The minimum Gasteiger partial charge on any atom is -0.497 e. The Morgan fingerprint density at radius 1 is 0.925 bits per heavy atom. The molecule has 3 aromatic carbocycles. The van der Waals surface area contributed by atoms with Gasteiger partial charge in [-0.3, -0.25) is 0 Å². The number of methoxy groups -OCH3 is 2. The average molecular weight is 562 g/mol. The van der Waals surface area contributed by atoms with E-state index in [4.69, 9.17) is 18.9 Å². The second-order valence-electron chi connectivity index (χ2n) is 8.48. The molecule has 0 spiro atoms. The Balaban J connectivity index is 1.61. The summed E-state index contributed by atoms with van der Waals surface area (Å²) in [5.41, 5.74) is 2.43.